The van der Waals surface area contributed by atoms with E-state index in [9.17, 15) is 13.2 Å². The van der Waals surface area contributed by atoms with Gasteiger partial charge < -0.3 is 10.6 Å². The van der Waals surface area contributed by atoms with Gasteiger partial charge in [-0.3, -0.25) is 0 Å². The molecule has 3 aromatic rings. The van der Waals surface area contributed by atoms with Crippen LogP contribution in [-0.4, -0.2) is 33.7 Å². The number of anilines is 1. The third-order valence-corrected chi connectivity index (χ3v) is 4.61. The molecule has 0 saturated carbocycles. The molecule has 5 nitrogen and oxygen atoms in total. The summed E-state index contributed by atoms with van der Waals surface area (Å²) in [6.45, 7) is 1.56. The van der Waals surface area contributed by atoms with Gasteiger partial charge in [0.15, 0.2) is 5.82 Å². The van der Waals surface area contributed by atoms with Crippen LogP contribution in [0.1, 0.15) is 18.4 Å². The molecule has 1 saturated heterocycles. The lowest BCUT2D eigenvalue weighted by atomic mass is 10.1. The standard InChI is InChI=1S/C18H18F3N5/c19-18(20,21)13-4-1-3-12(9-13)15-10-16-17(23-6-8-26(16)24-15)25-7-2-5-14(22)11-25/h1,3-4,6,8-10,14H,2,5,7,11,22H2. The van der Waals surface area contributed by atoms with E-state index in [2.05, 4.69) is 15.0 Å². The molecule has 1 atom stereocenters. The fourth-order valence-corrected chi connectivity index (χ4v) is 3.35. The van der Waals surface area contributed by atoms with Gasteiger partial charge in [0.05, 0.1) is 11.3 Å². The molecule has 0 spiro atoms. The highest BCUT2D eigenvalue weighted by molar-refractivity contribution is 5.75. The highest BCUT2D eigenvalue weighted by atomic mass is 19.4. The topological polar surface area (TPSA) is 59.5 Å². The Labute approximate surface area is 148 Å². The van der Waals surface area contributed by atoms with E-state index >= 15 is 0 Å². The van der Waals surface area contributed by atoms with Gasteiger partial charge >= 0.3 is 6.18 Å². The minimum atomic E-state index is -4.38. The quantitative estimate of drug-likeness (QED) is 0.761. The summed E-state index contributed by atoms with van der Waals surface area (Å²) in [5.41, 5.74) is 7.03. The maximum absolute atomic E-state index is 13.0. The molecule has 1 unspecified atom stereocenters. The SMILES string of the molecule is NC1CCCN(c2nccn3nc(-c4cccc(C(F)(F)F)c4)cc23)C1. The fraction of sp³-hybridized carbons (Fsp3) is 0.333. The van der Waals surface area contributed by atoms with Crippen molar-refractivity contribution < 1.29 is 13.2 Å². The summed E-state index contributed by atoms with van der Waals surface area (Å²) in [6.07, 6.45) is 0.921. The molecular weight excluding hydrogens is 343 g/mol. The second kappa shape index (κ2) is 6.28. The summed E-state index contributed by atoms with van der Waals surface area (Å²) in [5.74, 6) is 0.758. The molecule has 0 amide bonds. The zero-order valence-electron chi connectivity index (χ0n) is 13.9. The third-order valence-electron chi connectivity index (χ3n) is 4.61. The molecule has 4 rings (SSSR count). The van der Waals surface area contributed by atoms with Crippen molar-refractivity contribution in [1.29, 1.82) is 0 Å². The van der Waals surface area contributed by atoms with Crippen LogP contribution >= 0.6 is 0 Å². The van der Waals surface area contributed by atoms with Crippen LogP contribution in [0.3, 0.4) is 0 Å². The van der Waals surface area contributed by atoms with Crippen molar-refractivity contribution in [1.82, 2.24) is 14.6 Å². The maximum Gasteiger partial charge on any atom is 0.416 e. The normalized spacial score (nSPS) is 18.5. The van der Waals surface area contributed by atoms with E-state index in [0.29, 0.717) is 17.8 Å². The number of alkyl halides is 3. The van der Waals surface area contributed by atoms with Gasteiger partial charge in [0.25, 0.3) is 0 Å². The molecule has 1 aliphatic rings. The number of nitrogens with zero attached hydrogens (tertiary/aromatic N) is 4. The molecule has 0 radical (unpaired) electrons. The molecule has 26 heavy (non-hydrogen) atoms. The van der Waals surface area contributed by atoms with Gasteiger partial charge in [-0.25, -0.2) is 9.50 Å². The number of aromatic nitrogens is 3. The van der Waals surface area contributed by atoms with E-state index in [1.165, 1.54) is 6.07 Å². The van der Waals surface area contributed by atoms with Crippen molar-refractivity contribution >= 4 is 11.3 Å². The predicted octanol–water partition coefficient (Wildman–Crippen LogP) is 3.34. The lowest BCUT2D eigenvalue weighted by Gasteiger charge is -2.31. The van der Waals surface area contributed by atoms with Crippen LogP contribution in [0.5, 0.6) is 0 Å². The van der Waals surface area contributed by atoms with Crippen molar-refractivity contribution in [3.63, 3.8) is 0 Å². The highest BCUT2D eigenvalue weighted by Gasteiger charge is 2.30. The maximum atomic E-state index is 13.0. The Bertz CT molecular complexity index is 934. The summed E-state index contributed by atoms with van der Waals surface area (Å²) >= 11 is 0. The Morgan fingerprint density at radius 1 is 1.19 bits per heavy atom. The van der Waals surface area contributed by atoms with Crippen molar-refractivity contribution in [2.75, 3.05) is 18.0 Å². The summed E-state index contributed by atoms with van der Waals surface area (Å²) in [6, 6.07) is 7.06. The Morgan fingerprint density at radius 3 is 2.81 bits per heavy atom. The van der Waals surface area contributed by atoms with Crippen LogP contribution in [-0.2, 0) is 6.18 Å². The van der Waals surface area contributed by atoms with Gasteiger partial charge in [0.2, 0.25) is 0 Å². The van der Waals surface area contributed by atoms with Crippen molar-refractivity contribution in [2.45, 2.75) is 25.1 Å². The number of hydrogen-bond acceptors (Lipinski definition) is 4. The average Bonchev–Trinajstić information content (AvgIpc) is 3.05. The van der Waals surface area contributed by atoms with E-state index < -0.39 is 11.7 Å². The van der Waals surface area contributed by atoms with Crippen molar-refractivity contribution in [3.05, 3.63) is 48.3 Å². The third kappa shape index (κ3) is 3.12. The van der Waals surface area contributed by atoms with E-state index in [-0.39, 0.29) is 6.04 Å². The summed E-state index contributed by atoms with van der Waals surface area (Å²) in [7, 11) is 0. The average molecular weight is 361 g/mol. The number of hydrogen-bond donors (Lipinski definition) is 1. The number of piperidine rings is 1. The van der Waals surface area contributed by atoms with E-state index in [4.69, 9.17) is 5.73 Å². The van der Waals surface area contributed by atoms with E-state index in [0.717, 1.165) is 42.9 Å². The van der Waals surface area contributed by atoms with Crippen LogP contribution < -0.4 is 10.6 Å². The van der Waals surface area contributed by atoms with Crippen molar-refractivity contribution in [2.24, 2.45) is 5.73 Å². The summed E-state index contributed by atoms with van der Waals surface area (Å²) in [4.78, 5) is 6.57. The Hall–Kier alpha value is -2.61. The first kappa shape index (κ1) is 16.8. The van der Waals surface area contributed by atoms with Crippen LogP contribution in [0.25, 0.3) is 16.8 Å². The van der Waals surface area contributed by atoms with Gasteiger partial charge in [-0.1, -0.05) is 12.1 Å². The fourth-order valence-electron chi connectivity index (χ4n) is 3.35. The van der Waals surface area contributed by atoms with Crippen LogP contribution in [0, 0.1) is 0 Å². The Kier molecular flexibility index (Phi) is 4.07. The molecule has 3 heterocycles. The highest BCUT2D eigenvalue weighted by Crippen LogP contribution is 2.33. The Morgan fingerprint density at radius 2 is 2.04 bits per heavy atom. The first-order chi connectivity index (χ1) is 12.4. The number of nitrogens with two attached hydrogens (primary N) is 1. The first-order valence-electron chi connectivity index (χ1n) is 8.44. The lowest BCUT2D eigenvalue weighted by Crippen LogP contribution is -2.43. The molecule has 1 fully saturated rings. The van der Waals surface area contributed by atoms with Crippen LogP contribution in [0.15, 0.2) is 42.7 Å². The molecule has 2 aromatic heterocycles. The lowest BCUT2D eigenvalue weighted by molar-refractivity contribution is -0.137. The van der Waals surface area contributed by atoms with Gasteiger partial charge in [0.1, 0.15) is 5.52 Å². The molecule has 1 aromatic carbocycles. The minimum Gasteiger partial charge on any atom is -0.353 e. The smallest absolute Gasteiger partial charge is 0.353 e. The Balaban J connectivity index is 1.76. The van der Waals surface area contributed by atoms with Crippen LogP contribution in [0.4, 0.5) is 19.0 Å². The second-order valence-corrected chi connectivity index (χ2v) is 6.54. The molecule has 8 heteroatoms. The molecule has 0 bridgehead atoms. The largest absolute Gasteiger partial charge is 0.416 e. The number of benzene rings is 1. The van der Waals surface area contributed by atoms with Gasteiger partial charge in [0, 0.05) is 37.1 Å². The first-order valence-corrected chi connectivity index (χ1v) is 8.44. The molecule has 2 N–H and O–H groups in total. The molecular formula is C18H18F3N5. The summed E-state index contributed by atoms with van der Waals surface area (Å²) in [5, 5.41) is 4.43. The summed E-state index contributed by atoms with van der Waals surface area (Å²) < 4.78 is 40.6. The van der Waals surface area contributed by atoms with Gasteiger partial charge in [-0.15, -0.1) is 0 Å². The number of fused-ring (bicyclic) bond motifs is 1. The minimum absolute atomic E-state index is 0.0941. The molecule has 1 aliphatic heterocycles. The number of halogens is 3. The zero-order chi connectivity index (χ0) is 18.3. The monoisotopic (exact) mass is 361 g/mol. The molecule has 136 valence electrons. The predicted molar refractivity (Wildman–Crippen MR) is 92.8 cm³/mol. The van der Waals surface area contributed by atoms with E-state index in [1.807, 2.05) is 0 Å². The number of rotatable bonds is 2. The molecule has 0 aliphatic carbocycles. The van der Waals surface area contributed by atoms with Gasteiger partial charge in [-0.2, -0.15) is 18.3 Å². The van der Waals surface area contributed by atoms with Gasteiger partial charge in [-0.05, 0) is 31.0 Å². The van der Waals surface area contributed by atoms with E-state index in [1.54, 1.807) is 29.0 Å². The second-order valence-electron chi connectivity index (χ2n) is 6.54. The van der Waals surface area contributed by atoms with Crippen molar-refractivity contribution in [3.8, 4) is 11.3 Å². The van der Waals surface area contributed by atoms with Crippen LogP contribution in [0.2, 0.25) is 0 Å². The zero-order valence-corrected chi connectivity index (χ0v) is 13.9.